The number of thioether (sulfide) groups is 1. The van der Waals surface area contributed by atoms with Gasteiger partial charge in [0.1, 0.15) is 0 Å². The molecule has 2 aliphatic rings. The van der Waals surface area contributed by atoms with E-state index in [1.54, 1.807) is 0 Å². The lowest BCUT2D eigenvalue weighted by Crippen LogP contribution is -2.62. The van der Waals surface area contributed by atoms with Crippen molar-refractivity contribution >= 4 is 11.8 Å². The first-order valence-electron chi connectivity index (χ1n) is 5.96. The summed E-state index contributed by atoms with van der Waals surface area (Å²) in [6, 6.07) is 0. The molecule has 1 unspecified atom stereocenters. The number of aliphatic hydroxyl groups is 1. The van der Waals surface area contributed by atoms with Gasteiger partial charge in [-0.1, -0.05) is 13.8 Å². The van der Waals surface area contributed by atoms with E-state index >= 15 is 0 Å². The Hall–Kier alpha value is 0.270. The molecule has 0 aromatic heterocycles. The van der Waals surface area contributed by atoms with Crippen molar-refractivity contribution in [1.82, 2.24) is 0 Å². The maximum absolute atomic E-state index is 10.7. The molecule has 0 spiro atoms. The van der Waals surface area contributed by atoms with Crippen molar-refractivity contribution in [3.63, 3.8) is 0 Å². The Balaban J connectivity index is 2.08. The van der Waals surface area contributed by atoms with Crippen LogP contribution in [0.3, 0.4) is 0 Å². The molecule has 1 saturated heterocycles. The van der Waals surface area contributed by atoms with Crippen LogP contribution >= 0.6 is 11.8 Å². The zero-order valence-corrected chi connectivity index (χ0v) is 10.7. The van der Waals surface area contributed by atoms with Gasteiger partial charge in [0, 0.05) is 5.75 Å². The van der Waals surface area contributed by atoms with Gasteiger partial charge < -0.3 is 10.8 Å². The van der Waals surface area contributed by atoms with E-state index in [9.17, 15) is 5.11 Å². The average Bonchev–Trinajstić information content (AvgIpc) is 2.60. The topological polar surface area (TPSA) is 46.2 Å². The summed E-state index contributed by atoms with van der Waals surface area (Å²) in [4.78, 5) is 0. The normalized spacial score (nSPS) is 39.2. The van der Waals surface area contributed by atoms with Crippen LogP contribution in [0.4, 0.5) is 0 Å². The summed E-state index contributed by atoms with van der Waals surface area (Å²) in [5.41, 5.74) is 5.88. The third-order valence-electron chi connectivity index (χ3n) is 4.41. The largest absolute Gasteiger partial charge is 0.388 e. The molecule has 0 radical (unpaired) electrons. The molecule has 0 aromatic rings. The zero-order chi connectivity index (χ0) is 11.2. The smallest absolute Gasteiger partial charge is 0.0835 e. The molecule has 2 rings (SSSR count). The molecular weight excluding hydrogens is 206 g/mol. The highest BCUT2D eigenvalue weighted by molar-refractivity contribution is 7.99. The van der Waals surface area contributed by atoms with Crippen molar-refractivity contribution in [3.05, 3.63) is 0 Å². The van der Waals surface area contributed by atoms with E-state index in [1.165, 1.54) is 0 Å². The van der Waals surface area contributed by atoms with Crippen LogP contribution in [0.15, 0.2) is 0 Å². The molecule has 3 N–H and O–H groups in total. The lowest BCUT2D eigenvalue weighted by Gasteiger charge is -2.48. The van der Waals surface area contributed by atoms with Crippen molar-refractivity contribution in [1.29, 1.82) is 0 Å². The van der Waals surface area contributed by atoms with Gasteiger partial charge in [-0.25, -0.2) is 0 Å². The van der Waals surface area contributed by atoms with Gasteiger partial charge in [-0.2, -0.15) is 11.8 Å². The summed E-state index contributed by atoms with van der Waals surface area (Å²) >= 11 is 1.89. The fourth-order valence-electron chi connectivity index (χ4n) is 2.79. The number of hydrogen-bond donors (Lipinski definition) is 2. The van der Waals surface area contributed by atoms with Crippen LogP contribution in [0.5, 0.6) is 0 Å². The molecule has 88 valence electrons. The Labute approximate surface area is 97.0 Å². The first-order valence-corrected chi connectivity index (χ1v) is 7.12. The number of rotatable bonds is 1. The average molecular weight is 229 g/mol. The minimum absolute atomic E-state index is 0.311. The highest BCUT2D eigenvalue weighted by atomic mass is 32.2. The fraction of sp³-hybridized carbons (Fsp3) is 1.00. The molecule has 1 aliphatic heterocycles. The van der Waals surface area contributed by atoms with Gasteiger partial charge in [0.05, 0.1) is 11.1 Å². The highest BCUT2D eigenvalue weighted by Crippen LogP contribution is 2.47. The molecule has 15 heavy (non-hydrogen) atoms. The predicted octanol–water partition coefficient (Wildman–Crippen LogP) is 2.15. The molecule has 2 nitrogen and oxygen atoms in total. The maximum Gasteiger partial charge on any atom is 0.0835 e. The minimum atomic E-state index is -0.591. The van der Waals surface area contributed by atoms with E-state index in [0.29, 0.717) is 5.41 Å². The summed E-state index contributed by atoms with van der Waals surface area (Å²) in [6.07, 6.45) is 4.96. The van der Waals surface area contributed by atoms with Crippen LogP contribution in [0.1, 0.15) is 46.0 Å². The molecule has 2 fully saturated rings. The van der Waals surface area contributed by atoms with Gasteiger partial charge >= 0.3 is 0 Å². The van der Waals surface area contributed by atoms with E-state index in [0.717, 1.165) is 43.6 Å². The monoisotopic (exact) mass is 229 g/mol. The second-order valence-electron chi connectivity index (χ2n) is 6.15. The third kappa shape index (κ3) is 2.06. The van der Waals surface area contributed by atoms with Crippen LogP contribution in [0, 0.1) is 5.41 Å². The van der Waals surface area contributed by atoms with Crippen molar-refractivity contribution < 1.29 is 5.11 Å². The summed E-state index contributed by atoms with van der Waals surface area (Å²) < 4.78 is 0. The van der Waals surface area contributed by atoms with Crippen LogP contribution in [-0.4, -0.2) is 27.8 Å². The minimum Gasteiger partial charge on any atom is -0.388 e. The van der Waals surface area contributed by atoms with Gasteiger partial charge in [-0.05, 0) is 43.3 Å². The molecule has 0 amide bonds. The van der Waals surface area contributed by atoms with E-state index in [1.807, 2.05) is 11.8 Å². The van der Waals surface area contributed by atoms with Crippen molar-refractivity contribution in [3.8, 4) is 0 Å². The fourth-order valence-corrected chi connectivity index (χ4v) is 4.22. The quantitative estimate of drug-likeness (QED) is 0.724. The van der Waals surface area contributed by atoms with Gasteiger partial charge in [0.2, 0.25) is 0 Å². The van der Waals surface area contributed by atoms with Crippen molar-refractivity contribution in [2.45, 2.75) is 57.1 Å². The molecular formula is C12H23NOS. The van der Waals surface area contributed by atoms with Gasteiger partial charge in [-0.3, -0.25) is 0 Å². The Kier molecular flexibility index (Phi) is 2.85. The van der Waals surface area contributed by atoms with Crippen LogP contribution in [-0.2, 0) is 0 Å². The van der Waals surface area contributed by atoms with Crippen LogP contribution in [0.2, 0.25) is 0 Å². The van der Waals surface area contributed by atoms with E-state index in [-0.39, 0.29) is 5.54 Å². The first-order chi connectivity index (χ1) is 6.87. The van der Waals surface area contributed by atoms with E-state index in [2.05, 4.69) is 13.8 Å². The molecule has 3 heteroatoms. The molecule has 1 atom stereocenters. The van der Waals surface area contributed by atoms with E-state index in [4.69, 9.17) is 5.73 Å². The van der Waals surface area contributed by atoms with Crippen LogP contribution in [0.25, 0.3) is 0 Å². The van der Waals surface area contributed by atoms with E-state index < -0.39 is 5.60 Å². The molecule has 0 bridgehead atoms. The lowest BCUT2D eigenvalue weighted by atomic mass is 9.64. The Morgan fingerprint density at radius 2 is 1.67 bits per heavy atom. The van der Waals surface area contributed by atoms with Gasteiger partial charge in [-0.15, -0.1) is 0 Å². The highest BCUT2D eigenvalue weighted by Gasteiger charge is 2.51. The summed E-state index contributed by atoms with van der Waals surface area (Å²) in [5.74, 6) is 2.05. The van der Waals surface area contributed by atoms with Crippen molar-refractivity contribution in [2.75, 3.05) is 11.5 Å². The molecule has 1 aliphatic carbocycles. The van der Waals surface area contributed by atoms with Crippen molar-refractivity contribution in [2.24, 2.45) is 11.1 Å². The first kappa shape index (κ1) is 11.7. The predicted molar refractivity (Wildman–Crippen MR) is 66.1 cm³/mol. The lowest BCUT2D eigenvalue weighted by molar-refractivity contribution is -0.0764. The molecule has 1 heterocycles. The summed E-state index contributed by atoms with van der Waals surface area (Å²) in [7, 11) is 0. The number of nitrogens with two attached hydrogens (primary N) is 1. The summed E-state index contributed by atoms with van der Waals surface area (Å²) in [5, 5.41) is 10.7. The zero-order valence-electron chi connectivity index (χ0n) is 9.88. The Bertz CT molecular complexity index is 236. The second-order valence-corrected chi connectivity index (χ2v) is 7.26. The second kappa shape index (κ2) is 3.64. The van der Waals surface area contributed by atoms with Crippen LogP contribution < -0.4 is 5.73 Å². The van der Waals surface area contributed by atoms with Gasteiger partial charge in [0.25, 0.3) is 0 Å². The SMILES string of the molecule is CC1(C)CCC(O)(C2(N)CCSC2)CC1. The Morgan fingerprint density at radius 1 is 1.07 bits per heavy atom. The summed E-state index contributed by atoms with van der Waals surface area (Å²) in [6.45, 7) is 4.58. The Morgan fingerprint density at radius 3 is 2.13 bits per heavy atom. The number of hydrogen-bond acceptors (Lipinski definition) is 3. The maximum atomic E-state index is 10.7. The molecule has 0 aromatic carbocycles. The third-order valence-corrected chi connectivity index (χ3v) is 5.62. The standard InChI is InChI=1S/C12H23NOS/c1-10(2)3-5-12(14,6-4-10)11(13)7-8-15-9-11/h14H,3-9,13H2,1-2H3. The molecule has 1 saturated carbocycles. The van der Waals surface area contributed by atoms with Gasteiger partial charge in [0.15, 0.2) is 0 Å².